The molecule has 0 amide bonds. The van der Waals surface area contributed by atoms with Crippen LogP contribution in [0.3, 0.4) is 0 Å². The zero-order chi connectivity index (χ0) is 58.5. The smallest absolute Gasteiger partial charge is 0.306 e. The molecule has 0 aliphatic carbocycles. The highest BCUT2D eigenvalue weighted by Gasteiger charge is 2.19. The van der Waals surface area contributed by atoms with Gasteiger partial charge in [-0.05, 0) is 128 Å². The molecule has 0 aromatic heterocycles. The van der Waals surface area contributed by atoms with E-state index in [0.29, 0.717) is 19.3 Å². The number of unbranched alkanes of at least 4 members (excludes halogenated alkanes) is 27. The molecule has 0 aliphatic rings. The summed E-state index contributed by atoms with van der Waals surface area (Å²) in [6.07, 6.45) is 96.2. The highest BCUT2D eigenvalue weighted by molar-refractivity contribution is 5.71. The summed E-state index contributed by atoms with van der Waals surface area (Å²) < 4.78 is 16.9. The van der Waals surface area contributed by atoms with Crippen LogP contribution in [0.5, 0.6) is 0 Å². The number of esters is 3. The second-order valence-electron chi connectivity index (χ2n) is 22.0. The van der Waals surface area contributed by atoms with E-state index in [0.717, 1.165) is 167 Å². The molecule has 0 aromatic rings. The molecule has 81 heavy (non-hydrogen) atoms. The van der Waals surface area contributed by atoms with Gasteiger partial charge in [0.1, 0.15) is 13.2 Å². The van der Waals surface area contributed by atoms with Crippen molar-refractivity contribution in [3.63, 3.8) is 0 Å². The number of ether oxygens (including phenoxy) is 3. The van der Waals surface area contributed by atoms with Gasteiger partial charge in [0.05, 0.1) is 0 Å². The monoisotopic (exact) mass is 1120 g/mol. The summed E-state index contributed by atoms with van der Waals surface area (Å²) in [6.45, 7) is 6.33. The second-order valence-corrected chi connectivity index (χ2v) is 22.0. The molecule has 1 atom stereocenters. The highest BCUT2D eigenvalue weighted by Crippen LogP contribution is 2.16. The first-order valence-corrected chi connectivity index (χ1v) is 33.7. The first kappa shape index (κ1) is 76.5. The molecule has 0 saturated heterocycles. The van der Waals surface area contributed by atoms with Gasteiger partial charge in [0.25, 0.3) is 0 Å². The van der Waals surface area contributed by atoms with E-state index in [4.69, 9.17) is 14.2 Å². The van der Waals surface area contributed by atoms with Crippen molar-refractivity contribution in [2.75, 3.05) is 13.2 Å². The van der Waals surface area contributed by atoms with Gasteiger partial charge < -0.3 is 14.2 Å². The maximum atomic E-state index is 12.9. The molecular weight excluding hydrogens is 997 g/mol. The van der Waals surface area contributed by atoms with Gasteiger partial charge in [-0.25, -0.2) is 0 Å². The van der Waals surface area contributed by atoms with Crippen LogP contribution in [0.2, 0.25) is 0 Å². The molecular formula is C75H124O6. The van der Waals surface area contributed by atoms with Crippen molar-refractivity contribution in [3.8, 4) is 0 Å². The summed E-state index contributed by atoms with van der Waals surface area (Å²) in [5.41, 5.74) is 0. The number of allylic oxidation sites excluding steroid dienone is 22. The van der Waals surface area contributed by atoms with Crippen molar-refractivity contribution >= 4 is 17.9 Å². The molecule has 460 valence electrons. The number of rotatable bonds is 60. The SMILES string of the molecule is CC/C=C\C/C=C\C/C=C\C/C=C\C/C=C\C/C=C\CCCCCCCCCCCCCCCCCCC(=O)OCC(COC(=O)CCCCCCC/C=C\C/C=C\CCC)OC(=O)CCCCCCC/C=C\C/C=C\C/C=C\CC. The Kier molecular flexibility index (Phi) is 64.3. The average Bonchev–Trinajstić information content (AvgIpc) is 3.46. The third-order valence-corrected chi connectivity index (χ3v) is 14.1. The molecule has 0 N–H and O–H groups in total. The third kappa shape index (κ3) is 66.2. The molecule has 0 bridgehead atoms. The van der Waals surface area contributed by atoms with Gasteiger partial charge in [-0.1, -0.05) is 289 Å². The lowest BCUT2D eigenvalue weighted by molar-refractivity contribution is -0.167. The fourth-order valence-corrected chi connectivity index (χ4v) is 9.15. The number of carbonyl (C=O) groups is 3. The topological polar surface area (TPSA) is 78.9 Å². The number of carbonyl (C=O) groups excluding carboxylic acids is 3. The highest BCUT2D eigenvalue weighted by atomic mass is 16.6. The molecule has 1 unspecified atom stereocenters. The molecule has 0 spiro atoms. The lowest BCUT2D eigenvalue weighted by Gasteiger charge is -2.18. The van der Waals surface area contributed by atoms with Gasteiger partial charge in [-0.3, -0.25) is 14.4 Å². The Labute approximate surface area is 500 Å². The quantitative estimate of drug-likeness (QED) is 0.0261. The standard InChI is InChI=1S/C75H124O6/c1-4-7-10-13-16-19-22-25-27-28-29-30-31-32-33-34-35-36-37-38-39-40-41-42-43-44-45-46-48-50-53-56-59-62-65-68-74(77)80-71-72(70-79-73(76)67-64-61-58-55-52-49-24-21-18-15-12-9-6-3)81-75(78)69-66-63-60-57-54-51-47-26-23-20-17-14-11-8-5-2/h7-8,10-12,15-17,19-21,24-27,29-30,32-33,35-36,47,72H,4-6,9,13-14,18,22-23,28,31,34,37-46,48-71H2,1-3H3/b10-7-,11-8-,15-12-,19-16-,20-17-,24-21-,27-25-,30-29-,33-32-,36-35-,47-26-. The number of hydrogen-bond acceptors (Lipinski definition) is 6. The van der Waals surface area contributed by atoms with Crippen molar-refractivity contribution in [3.05, 3.63) is 134 Å². The van der Waals surface area contributed by atoms with Gasteiger partial charge >= 0.3 is 17.9 Å². The molecule has 0 rings (SSSR count). The number of hydrogen-bond donors (Lipinski definition) is 0. The fourth-order valence-electron chi connectivity index (χ4n) is 9.15. The van der Waals surface area contributed by atoms with Crippen LogP contribution in [0, 0.1) is 0 Å². The van der Waals surface area contributed by atoms with Crippen LogP contribution in [0.1, 0.15) is 303 Å². The third-order valence-electron chi connectivity index (χ3n) is 14.1. The minimum absolute atomic E-state index is 0.0904. The van der Waals surface area contributed by atoms with E-state index >= 15 is 0 Å². The Morgan fingerprint density at radius 3 is 0.753 bits per heavy atom. The van der Waals surface area contributed by atoms with Crippen molar-refractivity contribution < 1.29 is 28.6 Å². The van der Waals surface area contributed by atoms with Crippen LogP contribution in [0.4, 0.5) is 0 Å². The predicted octanol–water partition coefficient (Wildman–Crippen LogP) is 23.3. The Morgan fingerprint density at radius 1 is 0.259 bits per heavy atom. The Balaban J connectivity index is 4.17. The minimum Gasteiger partial charge on any atom is -0.462 e. The molecule has 0 radical (unpaired) electrons. The second kappa shape index (κ2) is 68.1. The first-order chi connectivity index (χ1) is 40.0. The van der Waals surface area contributed by atoms with Gasteiger partial charge in [0.2, 0.25) is 0 Å². The molecule has 0 saturated carbocycles. The van der Waals surface area contributed by atoms with Crippen LogP contribution < -0.4 is 0 Å². The predicted molar refractivity (Wildman–Crippen MR) is 353 cm³/mol. The van der Waals surface area contributed by atoms with E-state index in [1.54, 1.807) is 0 Å². The largest absolute Gasteiger partial charge is 0.462 e. The summed E-state index contributed by atoms with van der Waals surface area (Å²) in [7, 11) is 0. The molecule has 0 aliphatic heterocycles. The maximum Gasteiger partial charge on any atom is 0.306 e. The first-order valence-electron chi connectivity index (χ1n) is 33.7. The minimum atomic E-state index is -0.796. The van der Waals surface area contributed by atoms with Crippen LogP contribution in [0.15, 0.2) is 134 Å². The Morgan fingerprint density at radius 2 is 0.481 bits per heavy atom. The lowest BCUT2D eigenvalue weighted by atomic mass is 10.0. The van der Waals surface area contributed by atoms with Crippen molar-refractivity contribution in [1.82, 2.24) is 0 Å². The summed E-state index contributed by atoms with van der Waals surface area (Å²) in [5, 5.41) is 0. The van der Waals surface area contributed by atoms with Gasteiger partial charge in [-0.2, -0.15) is 0 Å². The van der Waals surface area contributed by atoms with Gasteiger partial charge in [-0.15, -0.1) is 0 Å². The van der Waals surface area contributed by atoms with E-state index in [9.17, 15) is 14.4 Å². The van der Waals surface area contributed by atoms with Gasteiger partial charge in [0.15, 0.2) is 6.10 Å². The fraction of sp³-hybridized carbons (Fsp3) is 0.667. The van der Waals surface area contributed by atoms with Crippen molar-refractivity contribution in [1.29, 1.82) is 0 Å². The van der Waals surface area contributed by atoms with E-state index < -0.39 is 6.10 Å². The zero-order valence-corrected chi connectivity index (χ0v) is 52.8. The average molecular weight is 1120 g/mol. The van der Waals surface area contributed by atoms with Crippen LogP contribution in [-0.2, 0) is 28.6 Å². The molecule has 0 aromatic carbocycles. The van der Waals surface area contributed by atoms with Crippen molar-refractivity contribution in [2.45, 2.75) is 309 Å². The van der Waals surface area contributed by atoms with Gasteiger partial charge in [0, 0.05) is 19.3 Å². The molecule has 6 heteroatoms. The van der Waals surface area contributed by atoms with E-state index in [1.165, 1.54) is 96.3 Å². The molecule has 6 nitrogen and oxygen atoms in total. The summed E-state index contributed by atoms with van der Waals surface area (Å²) in [4.78, 5) is 38.3. The summed E-state index contributed by atoms with van der Waals surface area (Å²) in [6, 6.07) is 0. The summed E-state index contributed by atoms with van der Waals surface area (Å²) in [5.74, 6) is -0.917. The molecule has 0 heterocycles. The Hall–Kier alpha value is -4.45. The summed E-state index contributed by atoms with van der Waals surface area (Å²) >= 11 is 0. The van der Waals surface area contributed by atoms with E-state index in [-0.39, 0.29) is 31.1 Å². The van der Waals surface area contributed by atoms with E-state index in [1.807, 2.05) is 0 Å². The van der Waals surface area contributed by atoms with Crippen molar-refractivity contribution in [2.24, 2.45) is 0 Å². The molecule has 0 fully saturated rings. The van der Waals surface area contributed by atoms with Crippen LogP contribution in [-0.4, -0.2) is 37.2 Å². The normalized spacial score (nSPS) is 13.0. The lowest BCUT2D eigenvalue weighted by Crippen LogP contribution is -2.30. The van der Waals surface area contributed by atoms with Crippen LogP contribution >= 0.6 is 0 Å². The van der Waals surface area contributed by atoms with Crippen LogP contribution in [0.25, 0.3) is 0 Å². The maximum absolute atomic E-state index is 12.9. The Bertz CT molecular complexity index is 1720. The van der Waals surface area contributed by atoms with E-state index in [2.05, 4.69) is 154 Å². The zero-order valence-electron chi connectivity index (χ0n) is 52.8.